The standard InChI is InChI=1S/C47H70N2O6/c1-34-14-15-39(29-37-11-8-12-38(28-37)30-43(4,49-31-34)24-27-55-6)35(2)10-7-13-40(33-52)44-19-21-45(17-9-26-50)41(36(3)32-51)16-18-46(54,23-25-48-5)47(45,22-20-44)42(44)53/h7-8,10-14,28,32,39,42,48-50,52-54H,2,9,15-27,29-31,33H2,1,3-6H3/b10-7+,34-14+,40-13-,41-36-/t39-,42+,43-,44-,45+,46-,47-/m0/s1. The molecule has 55 heavy (non-hydrogen) atoms. The summed E-state index contributed by atoms with van der Waals surface area (Å²) in [6.45, 7) is 12.8. The van der Waals surface area contributed by atoms with Gasteiger partial charge in [0.1, 0.15) is 6.29 Å². The van der Waals surface area contributed by atoms with Gasteiger partial charge in [-0.25, -0.2) is 0 Å². The molecule has 3 saturated carbocycles. The Kier molecular flexibility index (Phi) is 14.4. The van der Waals surface area contributed by atoms with Crippen molar-refractivity contribution in [2.45, 2.75) is 121 Å². The number of aldehydes is 1. The van der Waals surface area contributed by atoms with E-state index in [2.05, 4.69) is 67.5 Å². The number of aliphatic hydroxyl groups is 4. The first-order chi connectivity index (χ1) is 26.3. The smallest absolute Gasteiger partial charge is 0.145 e. The van der Waals surface area contributed by atoms with Crippen LogP contribution < -0.4 is 10.6 Å². The maximum absolute atomic E-state index is 12.9. The van der Waals surface area contributed by atoms with E-state index in [1.165, 1.54) is 16.7 Å². The number of hydrogen-bond donors (Lipinski definition) is 6. The maximum atomic E-state index is 12.9. The van der Waals surface area contributed by atoms with Crippen LogP contribution in [0, 0.1) is 22.2 Å². The lowest BCUT2D eigenvalue weighted by Gasteiger charge is -2.67. The summed E-state index contributed by atoms with van der Waals surface area (Å²) in [6.07, 6.45) is 17.1. The minimum atomic E-state index is -1.18. The summed E-state index contributed by atoms with van der Waals surface area (Å²) in [5.41, 5.74) is 3.87. The molecule has 8 nitrogen and oxygen atoms in total. The van der Waals surface area contributed by atoms with Crippen LogP contribution >= 0.6 is 0 Å². The van der Waals surface area contributed by atoms with Gasteiger partial charge in [-0.2, -0.15) is 0 Å². The second kappa shape index (κ2) is 18.3. The van der Waals surface area contributed by atoms with Crippen molar-refractivity contribution in [1.82, 2.24) is 10.6 Å². The Morgan fingerprint density at radius 3 is 2.58 bits per heavy atom. The van der Waals surface area contributed by atoms with E-state index in [1.54, 1.807) is 7.11 Å². The minimum Gasteiger partial charge on any atom is -0.396 e. The van der Waals surface area contributed by atoms with Crippen LogP contribution in [0.3, 0.4) is 0 Å². The molecule has 0 radical (unpaired) electrons. The fourth-order valence-corrected chi connectivity index (χ4v) is 11.5. The van der Waals surface area contributed by atoms with Crippen molar-refractivity contribution < 1.29 is 30.0 Å². The predicted molar refractivity (Wildman–Crippen MR) is 222 cm³/mol. The molecule has 1 heterocycles. The highest BCUT2D eigenvalue weighted by Gasteiger charge is 2.76. The average molecular weight is 759 g/mol. The Morgan fingerprint density at radius 2 is 1.87 bits per heavy atom. The summed E-state index contributed by atoms with van der Waals surface area (Å²) in [5.74, 6) is 0.183. The van der Waals surface area contributed by atoms with Crippen LogP contribution in [0.25, 0.3) is 0 Å². The largest absolute Gasteiger partial charge is 0.396 e. The van der Waals surface area contributed by atoms with E-state index < -0.39 is 27.9 Å². The molecule has 5 rings (SSSR count). The molecule has 0 aromatic heterocycles. The Morgan fingerprint density at radius 1 is 1.11 bits per heavy atom. The molecule has 3 aliphatic carbocycles. The number of nitrogens with one attached hydrogen (secondary N) is 2. The molecule has 4 aliphatic rings. The lowest BCUT2D eigenvalue weighted by molar-refractivity contribution is -0.240. The van der Waals surface area contributed by atoms with Crippen molar-refractivity contribution in [1.29, 1.82) is 0 Å². The molecule has 0 saturated heterocycles. The summed E-state index contributed by atoms with van der Waals surface area (Å²) >= 11 is 0. The third kappa shape index (κ3) is 8.34. The number of methoxy groups -OCH3 is 1. The van der Waals surface area contributed by atoms with Gasteiger partial charge in [-0.05, 0) is 146 Å². The molecule has 1 aromatic carbocycles. The van der Waals surface area contributed by atoms with Gasteiger partial charge < -0.3 is 35.8 Å². The Balaban J connectivity index is 1.46. The zero-order valence-corrected chi connectivity index (χ0v) is 34.4. The highest BCUT2D eigenvalue weighted by Crippen LogP contribution is 2.77. The van der Waals surface area contributed by atoms with E-state index in [1.807, 2.05) is 26.1 Å². The molecule has 3 fully saturated rings. The summed E-state index contributed by atoms with van der Waals surface area (Å²) < 4.78 is 5.45. The molecule has 4 bridgehead atoms. The zero-order chi connectivity index (χ0) is 39.9. The second-order valence-corrected chi connectivity index (χ2v) is 17.7. The first-order valence-corrected chi connectivity index (χ1v) is 20.8. The highest BCUT2D eigenvalue weighted by molar-refractivity contribution is 5.74. The summed E-state index contributed by atoms with van der Waals surface area (Å²) in [6, 6.07) is 8.92. The molecule has 1 spiro atoms. The van der Waals surface area contributed by atoms with Gasteiger partial charge in [0.05, 0.1) is 18.3 Å². The number of carbonyl (C=O) groups is 1. The fraction of sp³-hybridized carbons (Fsp3) is 0.638. The molecular weight excluding hydrogens is 689 g/mol. The quantitative estimate of drug-likeness (QED) is 0.0519. The first kappa shape index (κ1) is 43.4. The van der Waals surface area contributed by atoms with Crippen molar-refractivity contribution >= 4 is 6.29 Å². The van der Waals surface area contributed by atoms with Gasteiger partial charge in [0.2, 0.25) is 0 Å². The Labute approximate surface area is 330 Å². The number of rotatable bonds is 15. The van der Waals surface area contributed by atoms with Gasteiger partial charge in [-0.15, -0.1) is 0 Å². The monoisotopic (exact) mass is 759 g/mol. The molecule has 304 valence electrons. The third-order valence-corrected chi connectivity index (χ3v) is 14.6. The number of carbonyl (C=O) groups excluding carboxylic acids is 1. The van der Waals surface area contributed by atoms with Crippen molar-refractivity contribution in [3.63, 3.8) is 0 Å². The topological polar surface area (TPSA) is 131 Å². The van der Waals surface area contributed by atoms with E-state index in [0.29, 0.717) is 76.5 Å². The van der Waals surface area contributed by atoms with Gasteiger partial charge in [0, 0.05) is 48.7 Å². The maximum Gasteiger partial charge on any atom is 0.145 e. The normalized spacial score (nSPS) is 36.0. The van der Waals surface area contributed by atoms with Gasteiger partial charge >= 0.3 is 0 Å². The molecule has 0 amide bonds. The lowest BCUT2D eigenvalue weighted by Crippen LogP contribution is -2.69. The van der Waals surface area contributed by atoms with Crippen LogP contribution in [0.2, 0.25) is 0 Å². The second-order valence-electron chi connectivity index (χ2n) is 17.7. The highest BCUT2D eigenvalue weighted by atomic mass is 16.5. The number of benzene rings is 1. The summed E-state index contributed by atoms with van der Waals surface area (Å²) in [5, 5.41) is 53.8. The number of ether oxygens (including phenoxy) is 1. The van der Waals surface area contributed by atoms with Crippen LogP contribution in [0.5, 0.6) is 0 Å². The third-order valence-electron chi connectivity index (χ3n) is 14.6. The lowest BCUT2D eigenvalue weighted by atomic mass is 9.39. The van der Waals surface area contributed by atoms with Gasteiger partial charge in [0.15, 0.2) is 0 Å². The molecule has 1 aliphatic heterocycles. The number of allylic oxidation sites excluding steroid dienone is 7. The summed E-state index contributed by atoms with van der Waals surface area (Å²) in [4.78, 5) is 12.3. The van der Waals surface area contributed by atoms with Gasteiger partial charge in [-0.1, -0.05) is 71.9 Å². The molecule has 7 atom stereocenters. The van der Waals surface area contributed by atoms with Gasteiger partial charge in [-0.3, -0.25) is 4.79 Å². The van der Waals surface area contributed by atoms with Crippen LogP contribution in [-0.2, 0) is 22.4 Å². The van der Waals surface area contributed by atoms with Crippen LogP contribution in [0.4, 0.5) is 0 Å². The SMILES string of the molecule is C=C(/C=C/C=C(/CO)[C@]12CC[C@]3(CCCO)/C(=C(/C)C=O)CC[C@](O)(CCNC)[C@@]3(CC1)[C@@H]2O)[C@H]1C/C=C(\C)CN[C@@](C)(CCOC)Cc2cccc(c2)C1. The first-order valence-electron chi connectivity index (χ1n) is 20.8. The van der Waals surface area contributed by atoms with E-state index in [9.17, 15) is 25.2 Å². The van der Waals surface area contributed by atoms with Crippen molar-refractivity contribution in [3.8, 4) is 0 Å². The Hall–Kier alpha value is -2.69. The van der Waals surface area contributed by atoms with Crippen LogP contribution in [0.1, 0.15) is 103 Å². The average Bonchev–Trinajstić information content (AvgIpc) is 3.38. The number of fused-ring (bicyclic) bond motifs is 3. The van der Waals surface area contributed by atoms with E-state index in [4.69, 9.17) is 4.74 Å². The molecule has 1 aromatic rings. The van der Waals surface area contributed by atoms with Crippen LogP contribution in [0.15, 0.2) is 83.0 Å². The molecule has 6 N–H and O–H groups in total. The van der Waals surface area contributed by atoms with E-state index in [-0.39, 0.29) is 24.7 Å². The van der Waals surface area contributed by atoms with Crippen molar-refractivity contribution in [2.24, 2.45) is 22.2 Å². The minimum absolute atomic E-state index is 0.00486. The molecule has 0 unspecified atom stereocenters. The zero-order valence-electron chi connectivity index (χ0n) is 34.4. The molecular formula is C47H70N2O6. The van der Waals surface area contributed by atoms with Crippen LogP contribution in [-0.4, -0.2) is 91.0 Å². The molecule has 8 heteroatoms. The fourth-order valence-electron chi connectivity index (χ4n) is 11.5. The summed E-state index contributed by atoms with van der Waals surface area (Å²) in [7, 11) is 3.64. The van der Waals surface area contributed by atoms with Crippen molar-refractivity contribution in [3.05, 3.63) is 94.1 Å². The van der Waals surface area contributed by atoms with Crippen molar-refractivity contribution in [2.75, 3.05) is 47.1 Å². The number of aliphatic hydroxyl groups excluding tert-OH is 3. The van der Waals surface area contributed by atoms with Gasteiger partial charge in [0.25, 0.3) is 0 Å². The van der Waals surface area contributed by atoms with E-state index >= 15 is 0 Å². The Bertz CT molecular complexity index is 1650. The predicted octanol–water partition coefficient (Wildman–Crippen LogP) is 6.48. The van der Waals surface area contributed by atoms with E-state index in [0.717, 1.165) is 55.2 Å². The number of hydrogen-bond acceptors (Lipinski definition) is 8.